The summed E-state index contributed by atoms with van der Waals surface area (Å²) in [7, 11) is 3.41. The van der Waals surface area contributed by atoms with Gasteiger partial charge in [-0.15, -0.1) is 0 Å². The second kappa shape index (κ2) is 12.1. The van der Waals surface area contributed by atoms with Crippen LogP contribution in [-0.4, -0.2) is 89.0 Å². The first kappa shape index (κ1) is 25.1. The molecule has 35 heavy (non-hydrogen) atoms. The molecule has 2 aliphatic heterocycles. The molecule has 2 aliphatic rings. The summed E-state index contributed by atoms with van der Waals surface area (Å²) in [5.74, 6) is 2.57. The van der Waals surface area contributed by atoms with E-state index < -0.39 is 0 Å². The number of benzene rings is 2. The normalized spacial score (nSPS) is 17.9. The van der Waals surface area contributed by atoms with Crippen LogP contribution in [0.4, 0.5) is 5.69 Å². The van der Waals surface area contributed by atoms with Crippen LogP contribution in [0.1, 0.15) is 18.1 Å². The van der Waals surface area contributed by atoms with Gasteiger partial charge in [-0.1, -0.05) is 18.2 Å². The first-order valence-electron chi connectivity index (χ1n) is 12.4. The molecule has 2 heterocycles. The van der Waals surface area contributed by atoms with Crippen molar-refractivity contribution in [3.63, 3.8) is 0 Å². The van der Waals surface area contributed by atoms with Gasteiger partial charge in [0.25, 0.3) is 0 Å². The van der Waals surface area contributed by atoms with E-state index in [1.807, 2.05) is 36.1 Å². The van der Waals surface area contributed by atoms with Gasteiger partial charge < -0.3 is 28.7 Å². The molecule has 0 radical (unpaired) electrons. The number of anilines is 1. The largest absolute Gasteiger partial charge is 0.496 e. The fourth-order valence-electron chi connectivity index (χ4n) is 4.70. The van der Waals surface area contributed by atoms with Crippen molar-refractivity contribution in [1.82, 2.24) is 9.80 Å². The number of hydrogen-bond donors (Lipinski definition) is 0. The van der Waals surface area contributed by atoms with Crippen LogP contribution in [0.5, 0.6) is 17.2 Å². The molecule has 8 nitrogen and oxygen atoms in total. The number of para-hydroxylation sites is 1. The van der Waals surface area contributed by atoms with Gasteiger partial charge in [0.05, 0.1) is 39.5 Å². The molecule has 0 saturated carbocycles. The fourth-order valence-corrected chi connectivity index (χ4v) is 4.70. The summed E-state index contributed by atoms with van der Waals surface area (Å²) >= 11 is 0. The number of ether oxygens (including phenoxy) is 4. The van der Waals surface area contributed by atoms with E-state index in [4.69, 9.17) is 18.9 Å². The van der Waals surface area contributed by atoms with Crippen LogP contribution in [0.2, 0.25) is 0 Å². The van der Waals surface area contributed by atoms with Crippen LogP contribution in [0.15, 0.2) is 36.4 Å². The molecule has 0 bridgehead atoms. The summed E-state index contributed by atoms with van der Waals surface area (Å²) in [4.78, 5) is 19.5. The molecule has 0 unspecified atom stereocenters. The maximum absolute atomic E-state index is 13.0. The zero-order valence-electron chi connectivity index (χ0n) is 21.1. The predicted molar refractivity (Wildman–Crippen MR) is 136 cm³/mol. The van der Waals surface area contributed by atoms with E-state index in [1.165, 1.54) is 0 Å². The minimum atomic E-state index is 0.125. The third kappa shape index (κ3) is 6.18. The molecule has 8 heteroatoms. The van der Waals surface area contributed by atoms with Gasteiger partial charge in [0.1, 0.15) is 23.9 Å². The highest BCUT2D eigenvalue weighted by Gasteiger charge is 2.22. The molecule has 0 spiro atoms. The number of carbonyl (C=O) groups excluding carboxylic acids is 1. The highest BCUT2D eigenvalue weighted by atomic mass is 16.5. The summed E-state index contributed by atoms with van der Waals surface area (Å²) in [6, 6.07) is 12.0. The van der Waals surface area contributed by atoms with E-state index in [0.29, 0.717) is 45.9 Å². The van der Waals surface area contributed by atoms with Crippen LogP contribution in [0.25, 0.3) is 0 Å². The standard InChI is InChI=1S/C27H37N3O5/c1-4-29-10-9-28(11-16-35-24-8-6-5-7-21(24)18-27(29)31)20-22-17-26(33-3)23(19-25(22)32-2)30-12-14-34-15-13-30/h5-8,17,19H,4,9-16,18,20H2,1-3H3. The fraction of sp³-hybridized carbons (Fsp3) is 0.519. The lowest BCUT2D eigenvalue weighted by Gasteiger charge is -2.31. The van der Waals surface area contributed by atoms with Gasteiger partial charge in [-0.3, -0.25) is 9.69 Å². The number of carbonyl (C=O) groups is 1. The van der Waals surface area contributed by atoms with Crippen molar-refractivity contribution in [1.29, 1.82) is 0 Å². The Kier molecular flexibility index (Phi) is 8.71. The number of morpholine rings is 1. The summed E-state index contributed by atoms with van der Waals surface area (Å²) in [5.41, 5.74) is 3.01. The van der Waals surface area contributed by atoms with Crippen LogP contribution in [-0.2, 0) is 22.5 Å². The summed E-state index contributed by atoms with van der Waals surface area (Å²) < 4.78 is 23.2. The van der Waals surface area contributed by atoms with Crippen LogP contribution in [0.3, 0.4) is 0 Å². The zero-order valence-corrected chi connectivity index (χ0v) is 21.1. The van der Waals surface area contributed by atoms with Crippen molar-refractivity contribution >= 4 is 11.6 Å². The molecule has 4 rings (SSSR count). The van der Waals surface area contributed by atoms with E-state index in [-0.39, 0.29) is 5.91 Å². The lowest BCUT2D eigenvalue weighted by molar-refractivity contribution is -0.130. The van der Waals surface area contributed by atoms with Crippen molar-refractivity contribution in [2.75, 3.05) is 78.2 Å². The number of amides is 1. The van der Waals surface area contributed by atoms with Crippen molar-refractivity contribution in [2.24, 2.45) is 0 Å². The minimum absolute atomic E-state index is 0.125. The lowest BCUT2D eigenvalue weighted by atomic mass is 10.1. The summed E-state index contributed by atoms with van der Waals surface area (Å²) in [5, 5.41) is 0. The van der Waals surface area contributed by atoms with E-state index >= 15 is 0 Å². The van der Waals surface area contributed by atoms with Gasteiger partial charge in [-0.2, -0.15) is 0 Å². The average molecular weight is 484 g/mol. The lowest BCUT2D eigenvalue weighted by Crippen LogP contribution is -2.40. The van der Waals surface area contributed by atoms with Crippen LogP contribution < -0.4 is 19.1 Å². The Labute approximate surface area is 208 Å². The SMILES string of the molecule is CCN1CCN(Cc2cc(OC)c(N3CCOCC3)cc2OC)CCOc2ccccc2CC1=O. The van der Waals surface area contributed by atoms with Crippen molar-refractivity contribution < 1.29 is 23.7 Å². The quantitative estimate of drug-likeness (QED) is 0.626. The molecule has 0 atom stereocenters. The van der Waals surface area contributed by atoms with Gasteiger partial charge in [0, 0.05) is 63.0 Å². The number of nitrogens with zero attached hydrogens (tertiary/aromatic N) is 3. The Morgan fingerprint density at radius 2 is 1.69 bits per heavy atom. The molecular formula is C27H37N3O5. The number of likely N-dealkylation sites (N-methyl/N-ethyl adjacent to an activating group) is 1. The molecule has 1 fully saturated rings. The van der Waals surface area contributed by atoms with Gasteiger partial charge in [0.2, 0.25) is 5.91 Å². The number of fused-ring (bicyclic) bond motifs is 1. The molecule has 190 valence electrons. The van der Waals surface area contributed by atoms with Crippen molar-refractivity contribution in [3.8, 4) is 17.2 Å². The molecule has 2 aromatic carbocycles. The molecular weight excluding hydrogens is 446 g/mol. The Bertz CT molecular complexity index is 993. The zero-order chi connectivity index (χ0) is 24.6. The molecule has 1 amide bonds. The highest BCUT2D eigenvalue weighted by molar-refractivity contribution is 5.79. The van der Waals surface area contributed by atoms with Crippen LogP contribution >= 0.6 is 0 Å². The van der Waals surface area contributed by atoms with E-state index in [2.05, 4.69) is 21.9 Å². The summed E-state index contributed by atoms with van der Waals surface area (Å²) in [6.07, 6.45) is 0.359. The first-order valence-corrected chi connectivity index (χ1v) is 12.4. The third-order valence-electron chi connectivity index (χ3n) is 6.73. The van der Waals surface area contributed by atoms with Gasteiger partial charge in [-0.25, -0.2) is 0 Å². The number of methoxy groups -OCH3 is 2. The monoisotopic (exact) mass is 483 g/mol. The maximum Gasteiger partial charge on any atom is 0.227 e. The molecule has 2 aromatic rings. The minimum Gasteiger partial charge on any atom is -0.496 e. The molecule has 0 aliphatic carbocycles. The average Bonchev–Trinajstić information content (AvgIpc) is 2.92. The Balaban J connectivity index is 1.56. The highest BCUT2D eigenvalue weighted by Crippen LogP contribution is 2.36. The predicted octanol–water partition coefficient (Wildman–Crippen LogP) is 2.83. The molecule has 1 saturated heterocycles. The van der Waals surface area contributed by atoms with Crippen molar-refractivity contribution in [2.45, 2.75) is 19.9 Å². The van der Waals surface area contributed by atoms with Gasteiger partial charge in [0.15, 0.2) is 0 Å². The molecule has 0 aromatic heterocycles. The second-order valence-electron chi connectivity index (χ2n) is 8.82. The number of hydrogen-bond acceptors (Lipinski definition) is 7. The molecule has 0 N–H and O–H groups in total. The van der Waals surface area contributed by atoms with E-state index in [9.17, 15) is 4.79 Å². The third-order valence-corrected chi connectivity index (χ3v) is 6.73. The second-order valence-corrected chi connectivity index (χ2v) is 8.82. The van der Waals surface area contributed by atoms with Crippen molar-refractivity contribution in [3.05, 3.63) is 47.5 Å². The van der Waals surface area contributed by atoms with Gasteiger partial charge in [-0.05, 0) is 19.1 Å². The number of rotatable bonds is 6. The topological polar surface area (TPSA) is 63.7 Å². The maximum atomic E-state index is 13.0. The van der Waals surface area contributed by atoms with Crippen LogP contribution in [0, 0.1) is 0 Å². The van der Waals surface area contributed by atoms with E-state index in [0.717, 1.165) is 60.2 Å². The van der Waals surface area contributed by atoms with Gasteiger partial charge >= 0.3 is 0 Å². The Morgan fingerprint density at radius 3 is 2.43 bits per heavy atom. The van der Waals surface area contributed by atoms with E-state index in [1.54, 1.807) is 14.2 Å². The summed E-state index contributed by atoms with van der Waals surface area (Å²) in [6.45, 7) is 9.13. The Hall–Kier alpha value is -2.97. The smallest absolute Gasteiger partial charge is 0.227 e. The Morgan fingerprint density at radius 1 is 0.914 bits per heavy atom. The first-order chi connectivity index (χ1) is 17.1.